The molecule has 0 aromatic heterocycles. The third kappa shape index (κ3) is 1.54. The van der Waals surface area contributed by atoms with Gasteiger partial charge in [-0.1, -0.05) is 42.5 Å². The topological polar surface area (TPSA) is 43.1 Å². The molecule has 0 radical (unpaired) electrons. The van der Waals surface area contributed by atoms with E-state index < -0.39 is 5.91 Å². The normalized spacial score (nSPS) is 10.8. The lowest BCUT2D eigenvalue weighted by Crippen LogP contribution is -2.10. The maximum atomic E-state index is 11.2. The summed E-state index contributed by atoms with van der Waals surface area (Å²) in [5.41, 5.74) is 8.23. The van der Waals surface area contributed by atoms with Crippen molar-refractivity contribution in [2.24, 2.45) is 5.73 Å². The van der Waals surface area contributed by atoms with Gasteiger partial charge < -0.3 is 5.73 Å². The maximum Gasteiger partial charge on any atom is 0.248 e. The molecule has 0 bridgehead atoms. The molecule has 2 nitrogen and oxygen atoms in total. The molecule has 0 saturated carbocycles. The molecule has 0 spiro atoms. The number of hydrogen-bond donors (Lipinski definition) is 1. The fraction of sp³-hybridized carbons (Fsp3) is 0. The summed E-state index contributed by atoms with van der Waals surface area (Å²) >= 11 is 0. The van der Waals surface area contributed by atoms with Crippen molar-refractivity contribution in [3.05, 3.63) is 60.2 Å². The number of fused-ring (bicyclic) bond motifs is 3. The van der Waals surface area contributed by atoms with Gasteiger partial charge in [0.1, 0.15) is 0 Å². The van der Waals surface area contributed by atoms with Crippen molar-refractivity contribution in [2.75, 3.05) is 0 Å². The summed E-state index contributed by atoms with van der Waals surface area (Å²) in [5.74, 6) is -0.392. The van der Waals surface area contributed by atoms with E-state index in [-0.39, 0.29) is 0 Å². The van der Waals surface area contributed by atoms with E-state index in [0.29, 0.717) is 5.56 Å². The highest BCUT2D eigenvalue weighted by molar-refractivity contribution is 6.02. The molecular weight excluding hydrogens is 210 g/mol. The summed E-state index contributed by atoms with van der Waals surface area (Å²) in [6, 6.07) is 17.8. The van der Waals surface area contributed by atoms with Crippen LogP contribution >= 0.6 is 0 Å². The van der Waals surface area contributed by atoms with Gasteiger partial charge in [-0.05, 0) is 34.0 Å². The summed E-state index contributed by atoms with van der Waals surface area (Å²) in [4.78, 5) is 11.2. The fourth-order valence-corrected chi connectivity index (χ4v) is 2.18. The van der Waals surface area contributed by atoms with Gasteiger partial charge in [-0.3, -0.25) is 4.79 Å². The highest BCUT2D eigenvalue weighted by Gasteiger charge is 2.07. The molecule has 2 aliphatic carbocycles. The Morgan fingerprint density at radius 1 is 0.941 bits per heavy atom. The zero-order valence-electron chi connectivity index (χ0n) is 9.18. The second kappa shape index (κ2) is 3.59. The van der Waals surface area contributed by atoms with Crippen LogP contribution in [0.5, 0.6) is 0 Å². The van der Waals surface area contributed by atoms with Crippen LogP contribution in [0.15, 0.2) is 54.6 Å². The van der Waals surface area contributed by atoms with Gasteiger partial charge in [0.25, 0.3) is 0 Å². The van der Waals surface area contributed by atoms with Crippen LogP contribution in [-0.4, -0.2) is 5.91 Å². The highest BCUT2D eigenvalue weighted by Crippen LogP contribution is 2.30. The van der Waals surface area contributed by atoms with Gasteiger partial charge in [-0.15, -0.1) is 0 Å². The van der Waals surface area contributed by atoms with Crippen molar-refractivity contribution in [3.63, 3.8) is 0 Å². The SMILES string of the molecule is NC(=O)c1ccc2c3cccc-3cccc2c1. The van der Waals surface area contributed by atoms with Crippen LogP contribution in [0.1, 0.15) is 10.4 Å². The molecule has 0 saturated heterocycles. The molecule has 0 fully saturated rings. The molecule has 0 atom stereocenters. The first-order valence-electron chi connectivity index (χ1n) is 5.47. The van der Waals surface area contributed by atoms with Gasteiger partial charge in [0, 0.05) is 5.56 Å². The predicted octanol–water partition coefficient (Wildman–Crippen LogP) is 3.04. The minimum Gasteiger partial charge on any atom is -0.366 e. The Labute approximate surface area is 99.0 Å². The van der Waals surface area contributed by atoms with Gasteiger partial charge in [0.15, 0.2) is 0 Å². The predicted molar refractivity (Wildman–Crippen MR) is 69.1 cm³/mol. The first-order chi connectivity index (χ1) is 8.25. The van der Waals surface area contributed by atoms with Crippen LogP contribution in [0.2, 0.25) is 0 Å². The first-order valence-corrected chi connectivity index (χ1v) is 5.47. The molecule has 0 aliphatic heterocycles. The number of primary amides is 1. The molecule has 3 rings (SSSR count). The van der Waals surface area contributed by atoms with E-state index >= 15 is 0 Å². The summed E-state index contributed by atoms with van der Waals surface area (Å²) in [7, 11) is 0. The number of rotatable bonds is 1. The van der Waals surface area contributed by atoms with Gasteiger partial charge in [-0.2, -0.15) is 0 Å². The number of nitrogens with two attached hydrogens (primary N) is 1. The molecule has 2 aliphatic rings. The Kier molecular flexibility index (Phi) is 2.08. The summed E-state index contributed by atoms with van der Waals surface area (Å²) in [6.45, 7) is 0. The van der Waals surface area contributed by atoms with E-state index in [0.717, 1.165) is 10.8 Å². The van der Waals surface area contributed by atoms with E-state index in [1.54, 1.807) is 6.07 Å². The molecule has 2 heteroatoms. The van der Waals surface area contributed by atoms with Crippen molar-refractivity contribution < 1.29 is 4.79 Å². The average Bonchev–Trinajstić information content (AvgIpc) is 2.71. The van der Waals surface area contributed by atoms with E-state index in [1.165, 1.54) is 11.1 Å². The molecule has 0 unspecified atom stereocenters. The number of amides is 1. The zero-order chi connectivity index (χ0) is 11.8. The van der Waals surface area contributed by atoms with Crippen LogP contribution < -0.4 is 5.73 Å². The van der Waals surface area contributed by atoms with E-state index in [2.05, 4.69) is 18.2 Å². The van der Waals surface area contributed by atoms with Crippen molar-refractivity contribution in [3.8, 4) is 11.1 Å². The maximum absolute atomic E-state index is 11.2. The van der Waals surface area contributed by atoms with Crippen LogP contribution in [0, 0.1) is 0 Å². The third-order valence-electron chi connectivity index (χ3n) is 3.03. The van der Waals surface area contributed by atoms with Crippen molar-refractivity contribution in [2.45, 2.75) is 0 Å². The van der Waals surface area contributed by atoms with Crippen molar-refractivity contribution in [1.29, 1.82) is 0 Å². The number of carbonyl (C=O) groups is 1. The lowest BCUT2D eigenvalue weighted by molar-refractivity contribution is 0.100. The molecule has 2 N–H and O–H groups in total. The third-order valence-corrected chi connectivity index (χ3v) is 3.03. The van der Waals surface area contributed by atoms with Crippen LogP contribution in [-0.2, 0) is 0 Å². The zero-order valence-corrected chi connectivity index (χ0v) is 9.18. The largest absolute Gasteiger partial charge is 0.366 e. The molecule has 1 aromatic rings. The van der Waals surface area contributed by atoms with E-state index in [9.17, 15) is 4.79 Å². The second-order valence-electron chi connectivity index (χ2n) is 4.09. The number of carbonyl (C=O) groups excluding carboxylic acids is 1. The van der Waals surface area contributed by atoms with Gasteiger partial charge in [0.2, 0.25) is 5.91 Å². The van der Waals surface area contributed by atoms with Crippen LogP contribution in [0.3, 0.4) is 0 Å². The van der Waals surface area contributed by atoms with E-state index in [4.69, 9.17) is 5.73 Å². The lowest BCUT2D eigenvalue weighted by Gasteiger charge is -2.00. The Morgan fingerprint density at radius 3 is 2.47 bits per heavy atom. The Bertz CT molecular complexity index is 688. The van der Waals surface area contributed by atoms with Gasteiger partial charge in [0.05, 0.1) is 0 Å². The number of hydrogen-bond acceptors (Lipinski definition) is 1. The monoisotopic (exact) mass is 221 g/mol. The Morgan fingerprint density at radius 2 is 1.71 bits per heavy atom. The standard InChI is InChI=1S/C15H11NO/c16-15(17)12-7-8-14-11(9-12)5-1-3-10-4-2-6-13(10)14/h1-9H,(H2,16,17). The van der Waals surface area contributed by atoms with Crippen molar-refractivity contribution >= 4 is 16.7 Å². The second-order valence-corrected chi connectivity index (χ2v) is 4.09. The minimum absolute atomic E-state index is 0.392. The van der Waals surface area contributed by atoms with Crippen LogP contribution in [0.25, 0.3) is 21.9 Å². The Balaban J connectivity index is 2.39. The average molecular weight is 221 g/mol. The molecule has 0 heterocycles. The highest BCUT2D eigenvalue weighted by atomic mass is 16.1. The smallest absolute Gasteiger partial charge is 0.248 e. The van der Waals surface area contributed by atoms with Gasteiger partial charge >= 0.3 is 0 Å². The summed E-state index contributed by atoms with van der Waals surface area (Å²) < 4.78 is 0. The first kappa shape index (κ1) is 9.85. The molecule has 1 amide bonds. The van der Waals surface area contributed by atoms with Crippen LogP contribution in [0.4, 0.5) is 0 Å². The lowest BCUT2D eigenvalue weighted by atomic mass is 10.0. The van der Waals surface area contributed by atoms with Crippen molar-refractivity contribution in [1.82, 2.24) is 0 Å². The quantitative estimate of drug-likeness (QED) is 0.674. The molecule has 1 aromatic carbocycles. The molecular formula is C15H11NO. The summed E-state index contributed by atoms with van der Waals surface area (Å²) in [6.07, 6.45) is 0. The molecule has 82 valence electrons. The van der Waals surface area contributed by atoms with E-state index in [1.807, 2.05) is 30.3 Å². The fourth-order valence-electron chi connectivity index (χ4n) is 2.18. The number of benzene rings is 1. The molecule has 17 heavy (non-hydrogen) atoms. The summed E-state index contributed by atoms with van der Waals surface area (Å²) in [5, 5.41) is 2.17. The Hall–Kier alpha value is -2.35. The van der Waals surface area contributed by atoms with Gasteiger partial charge in [-0.25, -0.2) is 0 Å². The minimum atomic E-state index is -0.392.